The van der Waals surface area contributed by atoms with E-state index in [1.54, 1.807) is 19.1 Å². The van der Waals surface area contributed by atoms with Crippen molar-refractivity contribution < 1.29 is 53.8 Å². The zero-order valence-corrected chi connectivity index (χ0v) is 26.3. The van der Waals surface area contributed by atoms with Crippen LogP contribution in [0.15, 0.2) is 66.9 Å². The molecule has 2 aliphatic heterocycles. The average molecular weight is 710 g/mol. The number of halogens is 7. The van der Waals surface area contributed by atoms with Gasteiger partial charge in [-0.05, 0) is 96.1 Å². The number of aryl methyl sites for hydroxylation is 1. The highest BCUT2D eigenvalue weighted by Crippen LogP contribution is 2.51. The number of nitrogens with one attached hydrogen (secondary N) is 1. The molecule has 3 atom stereocenters. The van der Waals surface area contributed by atoms with Crippen LogP contribution < -0.4 is 9.46 Å². The van der Waals surface area contributed by atoms with E-state index >= 15 is 0 Å². The maximum atomic E-state index is 14.4. The zero-order chi connectivity index (χ0) is 35.6. The molecule has 3 unspecified atom stereocenters. The molecule has 16 heteroatoms. The molecule has 2 N–H and O–H groups in total. The van der Waals surface area contributed by atoms with Crippen LogP contribution in [0.4, 0.5) is 30.7 Å². The van der Waals surface area contributed by atoms with Gasteiger partial charge in [0.15, 0.2) is 0 Å². The van der Waals surface area contributed by atoms with E-state index in [-0.39, 0.29) is 52.6 Å². The van der Waals surface area contributed by atoms with Gasteiger partial charge in [0.1, 0.15) is 5.82 Å². The van der Waals surface area contributed by atoms with Crippen LogP contribution in [-0.4, -0.2) is 41.9 Å². The van der Waals surface area contributed by atoms with Gasteiger partial charge in [-0.1, -0.05) is 12.1 Å². The third-order valence-electron chi connectivity index (χ3n) is 8.77. The number of methoxy groups -OCH3 is 1. The summed E-state index contributed by atoms with van der Waals surface area (Å²) in [5, 5.41) is 9.36. The van der Waals surface area contributed by atoms with Crippen molar-refractivity contribution >= 4 is 16.2 Å². The fourth-order valence-corrected chi connectivity index (χ4v) is 8.52. The van der Waals surface area contributed by atoms with E-state index < -0.39 is 63.6 Å². The molecular weight excluding hydrogens is 683 g/mol. The number of nitrogens with zero attached hydrogens (tertiary/aromatic N) is 2. The van der Waals surface area contributed by atoms with Gasteiger partial charge in [-0.25, -0.2) is 14.2 Å². The van der Waals surface area contributed by atoms with Gasteiger partial charge in [-0.2, -0.15) is 43.8 Å². The molecular formula is C33H26F7N3O5S. The molecule has 8 nitrogen and oxygen atoms in total. The number of pyridine rings is 1. The van der Waals surface area contributed by atoms with Crippen molar-refractivity contribution in [2.24, 2.45) is 0 Å². The second kappa shape index (κ2) is 12.1. The first-order chi connectivity index (χ1) is 22.9. The fraction of sp³-hybridized carbons (Fsp3) is 0.273. The Kier molecular flexibility index (Phi) is 8.48. The lowest BCUT2D eigenvalue weighted by molar-refractivity contribution is -0.138. The Morgan fingerprint density at radius 3 is 2.24 bits per heavy atom. The lowest BCUT2D eigenvalue weighted by Crippen LogP contribution is -2.33. The van der Waals surface area contributed by atoms with E-state index in [0.717, 1.165) is 22.5 Å². The summed E-state index contributed by atoms with van der Waals surface area (Å²) >= 11 is 0. The first kappa shape index (κ1) is 34.3. The molecule has 0 spiro atoms. The maximum absolute atomic E-state index is 14.4. The Morgan fingerprint density at radius 2 is 1.61 bits per heavy atom. The quantitative estimate of drug-likeness (QED) is 0.199. The summed E-state index contributed by atoms with van der Waals surface area (Å²) in [6, 6.07) is 6.93. The third kappa shape index (κ3) is 6.35. The minimum absolute atomic E-state index is 0.00108. The van der Waals surface area contributed by atoms with E-state index in [0.29, 0.717) is 22.8 Å². The number of carboxylic acid groups (broad SMARTS) is 1. The van der Waals surface area contributed by atoms with Crippen LogP contribution >= 0.6 is 0 Å². The number of aromatic nitrogens is 1. The van der Waals surface area contributed by atoms with Crippen molar-refractivity contribution in [2.75, 3.05) is 7.11 Å². The van der Waals surface area contributed by atoms with Crippen LogP contribution in [0.3, 0.4) is 0 Å². The van der Waals surface area contributed by atoms with Crippen LogP contribution in [-0.2, 0) is 22.6 Å². The van der Waals surface area contributed by atoms with Gasteiger partial charge in [-0.15, -0.1) is 0 Å². The van der Waals surface area contributed by atoms with Crippen molar-refractivity contribution in [3.05, 3.63) is 106 Å². The number of fused-ring (bicyclic) bond motifs is 1. The molecule has 1 aromatic heterocycles. The molecule has 0 saturated carbocycles. The molecule has 2 fully saturated rings. The maximum Gasteiger partial charge on any atom is 0.416 e. The standard InChI is InChI=1S/C33H26F7N3O5S/c1-16-9-17(31(44)45)3-5-23(16)19-12-26(30(48-2)41-15-19)24-6-4-20(32(35,36)37)14-25(24)27-7-8-28-29(42-49(46,47)43(27)28)18-10-21(33(38,39)40)13-22(34)11-18/h3-6,9-15,27-29,42H,7-8H2,1-2H3,(H,44,45). The molecule has 0 bridgehead atoms. The zero-order valence-electron chi connectivity index (χ0n) is 25.5. The van der Waals surface area contributed by atoms with Crippen LogP contribution in [0.5, 0.6) is 5.88 Å². The van der Waals surface area contributed by atoms with E-state index in [1.807, 2.05) is 0 Å². The topological polar surface area (TPSA) is 109 Å². The van der Waals surface area contributed by atoms with Crippen molar-refractivity contribution in [2.45, 2.75) is 50.2 Å². The van der Waals surface area contributed by atoms with Gasteiger partial charge in [0, 0.05) is 23.4 Å². The highest BCUT2D eigenvalue weighted by Gasteiger charge is 2.53. The van der Waals surface area contributed by atoms with Crippen molar-refractivity contribution in [3.8, 4) is 28.1 Å². The number of carboxylic acids is 1. The Labute approximate surface area is 275 Å². The number of ether oxygens (including phenoxy) is 1. The third-order valence-corrected chi connectivity index (χ3v) is 10.4. The first-order valence-electron chi connectivity index (χ1n) is 14.7. The van der Waals surface area contributed by atoms with Crippen LogP contribution in [0.2, 0.25) is 0 Å². The van der Waals surface area contributed by atoms with E-state index in [4.69, 9.17) is 4.74 Å². The lowest BCUT2D eigenvalue weighted by atomic mass is 9.90. The normalized spacial score (nSPS) is 20.7. The number of benzene rings is 3. The van der Waals surface area contributed by atoms with Gasteiger partial charge in [0.25, 0.3) is 10.2 Å². The van der Waals surface area contributed by atoms with Gasteiger partial charge < -0.3 is 9.84 Å². The number of alkyl halides is 6. The van der Waals surface area contributed by atoms with Crippen molar-refractivity contribution in [3.63, 3.8) is 0 Å². The monoisotopic (exact) mass is 709 g/mol. The summed E-state index contributed by atoms with van der Waals surface area (Å²) in [6.45, 7) is 1.67. The minimum atomic E-state index is -4.92. The number of aromatic carboxylic acids is 1. The molecule has 0 amide bonds. The van der Waals surface area contributed by atoms with Gasteiger partial charge in [0.05, 0.1) is 35.9 Å². The summed E-state index contributed by atoms with van der Waals surface area (Å²) in [7, 11) is -3.21. The minimum Gasteiger partial charge on any atom is -0.481 e. The highest BCUT2D eigenvalue weighted by molar-refractivity contribution is 7.87. The molecule has 2 saturated heterocycles. The second-order valence-corrected chi connectivity index (χ2v) is 13.4. The number of rotatable bonds is 6. The summed E-state index contributed by atoms with van der Waals surface area (Å²) in [4.78, 5) is 15.8. The van der Waals surface area contributed by atoms with E-state index in [2.05, 4.69) is 9.71 Å². The number of hydrogen-bond acceptors (Lipinski definition) is 5. The number of carbonyl (C=O) groups is 1. The van der Waals surface area contributed by atoms with E-state index in [1.165, 1.54) is 31.5 Å². The van der Waals surface area contributed by atoms with Gasteiger partial charge in [-0.3, -0.25) is 0 Å². The van der Waals surface area contributed by atoms with Gasteiger partial charge >= 0.3 is 18.3 Å². The van der Waals surface area contributed by atoms with Crippen molar-refractivity contribution in [1.29, 1.82) is 0 Å². The molecule has 3 heterocycles. The van der Waals surface area contributed by atoms with Crippen LogP contribution in [0.25, 0.3) is 22.3 Å². The predicted octanol–water partition coefficient (Wildman–Crippen LogP) is 7.70. The smallest absolute Gasteiger partial charge is 0.416 e. The summed E-state index contributed by atoms with van der Waals surface area (Å²) < 4.78 is 133. The summed E-state index contributed by atoms with van der Waals surface area (Å²) in [5.41, 5.74) is -0.749. The molecule has 0 radical (unpaired) electrons. The molecule has 258 valence electrons. The molecule has 3 aromatic carbocycles. The SMILES string of the molecule is COc1ncc(-c2ccc(C(=O)O)cc2C)cc1-c1ccc(C(F)(F)F)cc1C1CCC2C(c3cc(F)cc(C(F)(F)F)c3)NS(=O)(=O)N12. The molecule has 6 rings (SSSR count). The Bertz CT molecular complexity index is 2090. The number of hydrogen-bond donors (Lipinski definition) is 2. The first-order valence-corrected chi connectivity index (χ1v) is 16.1. The van der Waals surface area contributed by atoms with Crippen LogP contribution in [0.1, 0.15) is 63.1 Å². The highest BCUT2D eigenvalue weighted by atomic mass is 32.2. The molecule has 49 heavy (non-hydrogen) atoms. The van der Waals surface area contributed by atoms with Crippen LogP contribution in [0, 0.1) is 12.7 Å². The molecule has 0 aliphatic carbocycles. The molecule has 2 aliphatic rings. The largest absolute Gasteiger partial charge is 0.481 e. The summed E-state index contributed by atoms with van der Waals surface area (Å²) in [6.07, 6.45) is -8.28. The van der Waals surface area contributed by atoms with Crippen molar-refractivity contribution in [1.82, 2.24) is 14.0 Å². The Balaban J connectivity index is 1.49. The lowest BCUT2D eigenvalue weighted by Gasteiger charge is -2.26. The Hall–Kier alpha value is -4.54. The van der Waals surface area contributed by atoms with Gasteiger partial charge in [0.2, 0.25) is 5.88 Å². The predicted molar refractivity (Wildman–Crippen MR) is 162 cm³/mol. The Morgan fingerprint density at radius 1 is 0.918 bits per heavy atom. The summed E-state index contributed by atoms with van der Waals surface area (Å²) in [5.74, 6) is -2.37. The second-order valence-electron chi connectivity index (χ2n) is 11.8. The average Bonchev–Trinajstić information content (AvgIpc) is 3.58. The molecule has 4 aromatic rings. The fourth-order valence-electron chi connectivity index (χ4n) is 6.65. The van der Waals surface area contributed by atoms with E-state index in [9.17, 15) is 49.1 Å².